The van der Waals surface area contributed by atoms with Crippen LogP contribution in [0.4, 0.5) is 0 Å². The fourth-order valence-electron chi connectivity index (χ4n) is 4.02. The molecule has 0 saturated heterocycles. The van der Waals surface area contributed by atoms with Crippen LogP contribution in [0.2, 0.25) is 0 Å². The van der Waals surface area contributed by atoms with Gasteiger partial charge in [0.1, 0.15) is 5.82 Å². The number of rotatable bonds is 7. The second kappa shape index (κ2) is 9.15. The maximum absolute atomic E-state index is 13.6. The van der Waals surface area contributed by atoms with Gasteiger partial charge in [-0.15, -0.1) is 0 Å². The fourth-order valence-corrected chi connectivity index (χ4v) is 4.02. The highest BCUT2D eigenvalue weighted by Crippen LogP contribution is 2.26. The smallest absolute Gasteiger partial charge is 0.254 e. The number of imidazole rings is 1. The Morgan fingerprint density at radius 3 is 2.58 bits per heavy atom. The van der Waals surface area contributed by atoms with E-state index in [0.717, 1.165) is 45.8 Å². The molecular formula is C25H31N7O. The SMILES string of the molecule is CCn1ncc(CN(C)C(=O)c2cc(-c3cnc(CN(C)C)[nH]3)nc3ccc(C)cc23)c1C. The Morgan fingerprint density at radius 2 is 1.88 bits per heavy atom. The van der Waals surface area contributed by atoms with Crippen molar-refractivity contribution in [2.45, 2.75) is 40.4 Å². The van der Waals surface area contributed by atoms with Crippen molar-refractivity contribution in [2.24, 2.45) is 0 Å². The number of amides is 1. The summed E-state index contributed by atoms with van der Waals surface area (Å²) in [4.78, 5) is 30.1. The summed E-state index contributed by atoms with van der Waals surface area (Å²) < 4.78 is 1.94. The summed E-state index contributed by atoms with van der Waals surface area (Å²) >= 11 is 0. The van der Waals surface area contributed by atoms with Gasteiger partial charge in [0.2, 0.25) is 0 Å². The molecule has 0 spiro atoms. The van der Waals surface area contributed by atoms with Crippen LogP contribution in [0.5, 0.6) is 0 Å². The number of benzene rings is 1. The van der Waals surface area contributed by atoms with Gasteiger partial charge in [-0.25, -0.2) is 9.97 Å². The zero-order valence-electron chi connectivity index (χ0n) is 20.2. The largest absolute Gasteiger partial charge is 0.340 e. The van der Waals surface area contributed by atoms with E-state index < -0.39 is 0 Å². The molecule has 1 aromatic carbocycles. The number of aryl methyl sites for hydroxylation is 2. The first-order valence-electron chi connectivity index (χ1n) is 11.1. The highest BCUT2D eigenvalue weighted by atomic mass is 16.2. The number of fused-ring (bicyclic) bond motifs is 1. The van der Waals surface area contributed by atoms with Crippen LogP contribution >= 0.6 is 0 Å². The molecule has 0 aliphatic carbocycles. The first kappa shape index (κ1) is 22.7. The van der Waals surface area contributed by atoms with E-state index in [1.54, 1.807) is 11.1 Å². The van der Waals surface area contributed by atoms with E-state index in [1.807, 2.05) is 75.0 Å². The lowest BCUT2D eigenvalue weighted by Crippen LogP contribution is -2.27. The van der Waals surface area contributed by atoms with Crippen LogP contribution < -0.4 is 0 Å². The zero-order valence-corrected chi connectivity index (χ0v) is 20.2. The molecule has 0 atom stereocenters. The molecule has 0 radical (unpaired) electrons. The zero-order chi connectivity index (χ0) is 23.7. The number of H-pyrrole nitrogens is 1. The monoisotopic (exact) mass is 445 g/mol. The number of carbonyl (C=O) groups excluding carboxylic acids is 1. The van der Waals surface area contributed by atoms with Gasteiger partial charge in [-0.3, -0.25) is 9.48 Å². The van der Waals surface area contributed by atoms with E-state index in [1.165, 1.54) is 0 Å². The van der Waals surface area contributed by atoms with E-state index in [-0.39, 0.29) is 5.91 Å². The van der Waals surface area contributed by atoms with Crippen molar-refractivity contribution in [1.82, 2.24) is 34.5 Å². The molecule has 4 aromatic rings. The number of carbonyl (C=O) groups is 1. The molecule has 0 aliphatic heterocycles. The van der Waals surface area contributed by atoms with Crippen LogP contribution in [-0.2, 0) is 19.6 Å². The lowest BCUT2D eigenvalue weighted by atomic mass is 10.0. The normalized spacial score (nSPS) is 11.5. The molecule has 8 nitrogen and oxygen atoms in total. The van der Waals surface area contributed by atoms with Gasteiger partial charge in [0.15, 0.2) is 0 Å². The molecule has 8 heteroatoms. The maximum atomic E-state index is 13.6. The number of aromatic amines is 1. The first-order chi connectivity index (χ1) is 15.8. The summed E-state index contributed by atoms with van der Waals surface area (Å²) in [6.45, 7) is 8.12. The van der Waals surface area contributed by atoms with E-state index in [9.17, 15) is 4.79 Å². The third-order valence-corrected chi connectivity index (χ3v) is 5.82. The molecule has 172 valence electrons. The molecule has 0 bridgehead atoms. The van der Waals surface area contributed by atoms with Gasteiger partial charge in [-0.2, -0.15) is 5.10 Å². The van der Waals surface area contributed by atoms with Crippen molar-refractivity contribution in [3.63, 3.8) is 0 Å². The minimum atomic E-state index is -0.0501. The number of hydrogen-bond donors (Lipinski definition) is 1. The lowest BCUT2D eigenvalue weighted by Gasteiger charge is -2.19. The lowest BCUT2D eigenvalue weighted by molar-refractivity contribution is 0.0787. The summed E-state index contributed by atoms with van der Waals surface area (Å²) in [6, 6.07) is 7.88. The summed E-state index contributed by atoms with van der Waals surface area (Å²) in [7, 11) is 5.83. The molecule has 4 rings (SSSR count). The van der Waals surface area contributed by atoms with Crippen molar-refractivity contribution < 1.29 is 4.79 Å². The maximum Gasteiger partial charge on any atom is 0.254 e. The number of aromatic nitrogens is 5. The van der Waals surface area contributed by atoms with E-state index in [4.69, 9.17) is 4.98 Å². The summed E-state index contributed by atoms with van der Waals surface area (Å²) in [5, 5.41) is 5.26. The minimum Gasteiger partial charge on any atom is -0.340 e. The number of hydrogen-bond acceptors (Lipinski definition) is 5. The Hall–Kier alpha value is -3.52. The fraction of sp³-hybridized carbons (Fsp3) is 0.360. The standard InChI is InChI=1S/C25H31N7O/c1-7-32-17(3)18(12-27-32)14-31(6)25(33)20-11-22(23-13-26-24(29-23)15-30(4)5)28-21-9-8-16(2)10-19(20)21/h8-13H,7,14-15H2,1-6H3,(H,26,29). The predicted molar refractivity (Wildman–Crippen MR) is 130 cm³/mol. The third kappa shape index (κ3) is 4.66. The predicted octanol–water partition coefficient (Wildman–Crippen LogP) is 3.79. The Kier molecular flexibility index (Phi) is 6.29. The Morgan fingerprint density at radius 1 is 1.09 bits per heavy atom. The van der Waals surface area contributed by atoms with Gasteiger partial charge in [0, 0.05) is 36.8 Å². The van der Waals surface area contributed by atoms with Crippen LogP contribution in [0.1, 0.15) is 39.9 Å². The topological polar surface area (TPSA) is 82.9 Å². The summed E-state index contributed by atoms with van der Waals surface area (Å²) in [5.74, 6) is 0.806. The molecule has 1 N–H and O–H groups in total. The highest BCUT2D eigenvalue weighted by Gasteiger charge is 2.20. The van der Waals surface area contributed by atoms with E-state index in [0.29, 0.717) is 24.3 Å². The summed E-state index contributed by atoms with van der Waals surface area (Å²) in [5.41, 5.74) is 6.13. The second-order valence-electron chi connectivity index (χ2n) is 8.79. The van der Waals surface area contributed by atoms with E-state index >= 15 is 0 Å². The van der Waals surface area contributed by atoms with Crippen molar-refractivity contribution in [3.05, 3.63) is 64.9 Å². The minimum absolute atomic E-state index is 0.0501. The molecule has 0 saturated carbocycles. The van der Waals surface area contributed by atoms with Crippen molar-refractivity contribution >= 4 is 16.8 Å². The van der Waals surface area contributed by atoms with Crippen molar-refractivity contribution in [2.75, 3.05) is 21.1 Å². The van der Waals surface area contributed by atoms with E-state index in [2.05, 4.69) is 22.0 Å². The quantitative estimate of drug-likeness (QED) is 0.468. The van der Waals surface area contributed by atoms with Crippen LogP contribution in [0.15, 0.2) is 36.7 Å². The number of nitrogens with one attached hydrogen (secondary N) is 1. The molecule has 3 heterocycles. The highest BCUT2D eigenvalue weighted by molar-refractivity contribution is 6.07. The number of pyridine rings is 1. The van der Waals surface area contributed by atoms with Crippen LogP contribution in [0, 0.1) is 13.8 Å². The average molecular weight is 446 g/mol. The van der Waals surface area contributed by atoms with Gasteiger partial charge in [0.25, 0.3) is 5.91 Å². The molecule has 1 amide bonds. The Bertz CT molecular complexity index is 1300. The van der Waals surface area contributed by atoms with Crippen LogP contribution in [0.3, 0.4) is 0 Å². The van der Waals surface area contributed by atoms with Gasteiger partial charge in [-0.05, 0) is 53.1 Å². The van der Waals surface area contributed by atoms with Gasteiger partial charge in [0.05, 0.1) is 41.4 Å². The molecule has 33 heavy (non-hydrogen) atoms. The van der Waals surface area contributed by atoms with Gasteiger partial charge < -0.3 is 14.8 Å². The van der Waals surface area contributed by atoms with Crippen molar-refractivity contribution in [3.8, 4) is 11.4 Å². The van der Waals surface area contributed by atoms with Gasteiger partial charge in [-0.1, -0.05) is 11.6 Å². The average Bonchev–Trinajstić information content (AvgIpc) is 3.38. The molecule has 0 fully saturated rings. The van der Waals surface area contributed by atoms with Crippen LogP contribution in [0.25, 0.3) is 22.3 Å². The third-order valence-electron chi connectivity index (χ3n) is 5.82. The summed E-state index contributed by atoms with van der Waals surface area (Å²) in [6.07, 6.45) is 3.63. The van der Waals surface area contributed by atoms with Gasteiger partial charge >= 0.3 is 0 Å². The van der Waals surface area contributed by atoms with Crippen LogP contribution in [-0.4, -0.2) is 61.6 Å². The molecule has 3 aromatic heterocycles. The number of nitrogens with zero attached hydrogens (tertiary/aromatic N) is 6. The molecule has 0 unspecified atom stereocenters. The molecule has 0 aliphatic rings. The second-order valence-corrected chi connectivity index (χ2v) is 8.79. The molecular weight excluding hydrogens is 414 g/mol. The Labute approximate surface area is 194 Å². The Balaban J connectivity index is 1.73. The first-order valence-corrected chi connectivity index (χ1v) is 11.1. The van der Waals surface area contributed by atoms with Crippen molar-refractivity contribution in [1.29, 1.82) is 0 Å².